The molecule has 0 spiro atoms. The van der Waals surface area contributed by atoms with Gasteiger partial charge in [-0.3, -0.25) is 9.48 Å². The Labute approximate surface area is 148 Å². The summed E-state index contributed by atoms with van der Waals surface area (Å²) in [4.78, 5) is 17.4. The van der Waals surface area contributed by atoms with E-state index >= 15 is 0 Å². The maximum absolute atomic E-state index is 12.3. The molecule has 0 unspecified atom stereocenters. The Hall–Kier alpha value is -2.56. The fourth-order valence-corrected chi connectivity index (χ4v) is 3.23. The number of aromatic nitrogens is 3. The summed E-state index contributed by atoms with van der Waals surface area (Å²) < 4.78 is 1.96. The van der Waals surface area contributed by atoms with Gasteiger partial charge in [0.05, 0.1) is 12.2 Å². The molecule has 0 radical (unpaired) electrons. The van der Waals surface area contributed by atoms with Crippen molar-refractivity contribution in [3.8, 4) is 0 Å². The van der Waals surface area contributed by atoms with Crippen LogP contribution in [-0.2, 0) is 17.8 Å². The molecule has 1 aromatic carbocycles. The zero-order valence-corrected chi connectivity index (χ0v) is 15.2. The number of likely N-dealkylation sites (N-methyl/N-ethyl adjacent to an activating group) is 1. The predicted molar refractivity (Wildman–Crippen MR) is 101 cm³/mol. The Morgan fingerprint density at radius 3 is 2.84 bits per heavy atom. The normalized spacial score (nSPS) is 11.2. The van der Waals surface area contributed by atoms with Gasteiger partial charge in [0.25, 0.3) is 0 Å². The summed E-state index contributed by atoms with van der Waals surface area (Å²) in [5.74, 6) is 0.196. The molecule has 0 aliphatic rings. The molecule has 3 aromatic rings. The molecule has 5 nitrogen and oxygen atoms in total. The van der Waals surface area contributed by atoms with E-state index in [2.05, 4.69) is 40.5 Å². The summed E-state index contributed by atoms with van der Waals surface area (Å²) in [6.07, 6.45) is 4.42. The van der Waals surface area contributed by atoms with Crippen LogP contribution in [0.5, 0.6) is 0 Å². The minimum atomic E-state index is 0.196. The number of carbonyl (C=O) groups excluding carboxylic acids is 1. The van der Waals surface area contributed by atoms with E-state index in [1.807, 2.05) is 36.5 Å². The highest BCUT2D eigenvalue weighted by Crippen LogP contribution is 2.19. The number of rotatable bonds is 7. The van der Waals surface area contributed by atoms with Crippen molar-refractivity contribution in [2.45, 2.75) is 39.7 Å². The summed E-state index contributed by atoms with van der Waals surface area (Å²) in [6.45, 7) is 5.46. The lowest BCUT2D eigenvalue weighted by atomic mass is 10.1. The first-order valence-electron chi connectivity index (χ1n) is 8.84. The average molecular weight is 338 g/mol. The molecule has 0 saturated carbocycles. The van der Waals surface area contributed by atoms with Crippen molar-refractivity contribution in [3.63, 3.8) is 0 Å². The first-order chi connectivity index (χ1) is 12.0. The molecular weight excluding hydrogens is 312 g/mol. The van der Waals surface area contributed by atoms with Gasteiger partial charge >= 0.3 is 0 Å². The maximum Gasteiger partial charge on any atom is 0.222 e. The molecule has 5 heteroatoms. The van der Waals surface area contributed by atoms with E-state index < -0.39 is 0 Å². The number of hydrogen-bond donors (Lipinski definition) is 1. The van der Waals surface area contributed by atoms with Crippen LogP contribution < -0.4 is 0 Å². The van der Waals surface area contributed by atoms with Crippen LogP contribution in [-0.4, -0.2) is 39.2 Å². The van der Waals surface area contributed by atoms with Gasteiger partial charge in [0.2, 0.25) is 5.91 Å². The average Bonchev–Trinajstić information content (AvgIpc) is 3.15. The Balaban J connectivity index is 1.46. The molecule has 0 aliphatic heterocycles. The van der Waals surface area contributed by atoms with Crippen molar-refractivity contribution in [3.05, 3.63) is 53.5 Å². The Morgan fingerprint density at radius 2 is 2.08 bits per heavy atom. The Kier molecular flexibility index (Phi) is 5.22. The smallest absolute Gasteiger partial charge is 0.222 e. The minimum Gasteiger partial charge on any atom is -0.361 e. The first-order valence-corrected chi connectivity index (χ1v) is 8.84. The number of benzene rings is 1. The molecule has 25 heavy (non-hydrogen) atoms. The summed E-state index contributed by atoms with van der Waals surface area (Å²) >= 11 is 0. The van der Waals surface area contributed by atoms with Gasteiger partial charge in [-0.05, 0) is 44.4 Å². The van der Waals surface area contributed by atoms with E-state index in [-0.39, 0.29) is 5.91 Å². The van der Waals surface area contributed by atoms with Gasteiger partial charge in [0, 0.05) is 42.8 Å². The number of para-hydroxylation sites is 1. The predicted octanol–water partition coefficient (Wildman–Crippen LogP) is 3.46. The van der Waals surface area contributed by atoms with Crippen LogP contribution in [0.1, 0.15) is 29.8 Å². The molecule has 0 atom stereocenters. The zero-order valence-electron chi connectivity index (χ0n) is 15.2. The molecule has 2 aromatic heterocycles. The SMILES string of the molecule is Cc1cc(C)n(CCN(C)C(=O)CCCc2c[nH]c3ccccc23)n1. The van der Waals surface area contributed by atoms with E-state index in [4.69, 9.17) is 0 Å². The van der Waals surface area contributed by atoms with Gasteiger partial charge in [-0.2, -0.15) is 5.10 Å². The molecular formula is C20H26N4O. The molecule has 0 bridgehead atoms. The maximum atomic E-state index is 12.3. The van der Waals surface area contributed by atoms with Crippen molar-refractivity contribution in [2.75, 3.05) is 13.6 Å². The van der Waals surface area contributed by atoms with Gasteiger partial charge in [-0.1, -0.05) is 18.2 Å². The molecule has 1 amide bonds. The van der Waals surface area contributed by atoms with Gasteiger partial charge in [0.1, 0.15) is 0 Å². The van der Waals surface area contributed by atoms with Gasteiger partial charge in [-0.25, -0.2) is 0 Å². The first kappa shape index (κ1) is 17.3. The number of hydrogen-bond acceptors (Lipinski definition) is 2. The van der Waals surface area contributed by atoms with Crippen LogP contribution in [0.25, 0.3) is 10.9 Å². The van der Waals surface area contributed by atoms with Crippen molar-refractivity contribution in [2.24, 2.45) is 0 Å². The van der Waals surface area contributed by atoms with Gasteiger partial charge < -0.3 is 9.88 Å². The number of carbonyl (C=O) groups is 1. The number of aryl methyl sites for hydroxylation is 3. The number of H-pyrrole nitrogens is 1. The highest BCUT2D eigenvalue weighted by Gasteiger charge is 2.10. The van der Waals surface area contributed by atoms with E-state index in [9.17, 15) is 4.79 Å². The van der Waals surface area contributed by atoms with Crippen LogP contribution in [0.4, 0.5) is 0 Å². The fourth-order valence-electron chi connectivity index (χ4n) is 3.23. The number of fused-ring (bicyclic) bond motifs is 1. The summed E-state index contributed by atoms with van der Waals surface area (Å²) in [6, 6.07) is 10.4. The van der Waals surface area contributed by atoms with E-state index in [0.717, 1.165) is 36.3 Å². The Bertz CT molecular complexity index is 862. The lowest BCUT2D eigenvalue weighted by Crippen LogP contribution is -2.30. The highest BCUT2D eigenvalue weighted by molar-refractivity contribution is 5.83. The molecule has 3 rings (SSSR count). The zero-order chi connectivity index (χ0) is 17.8. The van der Waals surface area contributed by atoms with E-state index in [0.29, 0.717) is 13.0 Å². The van der Waals surface area contributed by atoms with E-state index in [1.165, 1.54) is 10.9 Å². The third-order valence-electron chi connectivity index (χ3n) is 4.69. The second kappa shape index (κ2) is 7.55. The van der Waals surface area contributed by atoms with Crippen molar-refractivity contribution in [1.29, 1.82) is 0 Å². The quantitative estimate of drug-likeness (QED) is 0.717. The number of amides is 1. The van der Waals surface area contributed by atoms with Crippen LogP contribution >= 0.6 is 0 Å². The Morgan fingerprint density at radius 1 is 1.28 bits per heavy atom. The number of nitrogens with one attached hydrogen (secondary N) is 1. The standard InChI is InChI=1S/C20H26N4O/c1-15-13-16(2)24(22-15)12-11-23(3)20(25)10-6-7-17-14-21-19-9-5-4-8-18(17)19/h4-5,8-9,13-14,21H,6-7,10-12H2,1-3H3. The van der Waals surface area contributed by atoms with Crippen LogP contribution in [0, 0.1) is 13.8 Å². The number of aromatic amines is 1. The molecule has 1 N–H and O–H groups in total. The summed E-state index contributed by atoms with van der Waals surface area (Å²) in [5.41, 5.74) is 4.60. The second-order valence-corrected chi connectivity index (χ2v) is 6.68. The molecule has 0 saturated heterocycles. The van der Waals surface area contributed by atoms with Crippen LogP contribution in [0.2, 0.25) is 0 Å². The van der Waals surface area contributed by atoms with E-state index in [1.54, 1.807) is 0 Å². The van der Waals surface area contributed by atoms with Crippen molar-refractivity contribution < 1.29 is 4.79 Å². The largest absolute Gasteiger partial charge is 0.361 e. The van der Waals surface area contributed by atoms with Crippen LogP contribution in [0.15, 0.2) is 36.5 Å². The third kappa shape index (κ3) is 4.10. The fraction of sp³-hybridized carbons (Fsp3) is 0.400. The lowest BCUT2D eigenvalue weighted by molar-refractivity contribution is -0.130. The van der Waals surface area contributed by atoms with Gasteiger partial charge in [-0.15, -0.1) is 0 Å². The molecule has 0 aliphatic carbocycles. The molecule has 2 heterocycles. The molecule has 0 fully saturated rings. The van der Waals surface area contributed by atoms with Gasteiger partial charge in [0.15, 0.2) is 0 Å². The molecule has 132 valence electrons. The lowest BCUT2D eigenvalue weighted by Gasteiger charge is -2.17. The van der Waals surface area contributed by atoms with Crippen LogP contribution in [0.3, 0.4) is 0 Å². The van der Waals surface area contributed by atoms with Crippen molar-refractivity contribution >= 4 is 16.8 Å². The summed E-state index contributed by atoms with van der Waals surface area (Å²) in [7, 11) is 1.87. The highest BCUT2D eigenvalue weighted by atomic mass is 16.2. The number of nitrogens with zero attached hydrogens (tertiary/aromatic N) is 3. The monoisotopic (exact) mass is 338 g/mol. The second-order valence-electron chi connectivity index (χ2n) is 6.68. The third-order valence-corrected chi connectivity index (χ3v) is 4.69. The summed E-state index contributed by atoms with van der Waals surface area (Å²) in [5, 5.41) is 5.70. The minimum absolute atomic E-state index is 0.196. The van der Waals surface area contributed by atoms with Crippen molar-refractivity contribution in [1.82, 2.24) is 19.7 Å². The topological polar surface area (TPSA) is 53.9 Å².